The fraction of sp³-hybridized carbons (Fsp3) is 0.786. The molecule has 0 bridgehead atoms. The summed E-state index contributed by atoms with van der Waals surface area (Å²) in [6.45, 7) is 7.20. The molecule has 0 saturated carbocycles. The first-order chi connectivity index (χ1) is 8.43. The lowest BCUT2D eigenvalue weighted by Crippen LogP contribution is -2.34. The normalized spacial score (nSPS) is 15.3. The summed E-state index contributed by atoms with van der Waals surface area (Å²) in [6, 6.07) is 2.09. The Kier molecular flexibility index (Phi) is 7.26. The second-order valence-corrected chi connectivity index (χ2v) is 4.73. The first-order valence-corrected chi connectivity index (χ1v) is 6.52. The largest absolute Gasteiger partial charge is 0.465 e. The Bertz CT molecular complexity index is 332. The highest BCUT2D eigenvalue weighted by molar-refractivity contribution is 5.83. The van der Waals surface area contributed by atoms with Crippen molar-refractivity contribution >= 4 is 11.8 Å². The van der Waals surface area contributed by atoms with E-state index in [1.807, 2.05) is 6.92 Å². The molecule has 0 aliphatic heterocycles. The Morgan fingerprint density at radius 2 is 2.00 bits per heavy atom. The van der Waals surface area contributed by atoms with E-state index in [4.69, 9.17) is 4.74 Å². The lowest BCUT2D eigenvalue weighted by molar-refractivity contribution is -0.153. The molecule has 0 aromatic heterocycles. The van der Waals surface area contributed by atoms with Crippen LogP contribution in [0.1, 0.15) is 53.4 Å². The molecule has 4 nitrogen and oxygen atoms in total. The van der Waals surface area contributed by atoms with Gasteiger partial charge in [-0.3, -0.25) is 9.59 Å². The molecule has 2 atom stereocenters. The van der Waals surface area contributed by atoms with Gasteiger partial charge in [-0.2, -0.15) is 5.26 Å². The van der Waals surface area contributed by atoms with Crippen molar-refractivity contribution in [1.82, 2.24) is 0 Å². The van der Waals surface area contributed by atoms with Crippen molar-refractivity contribution in [2.75, 3.05) is 6.61 Å². The average molecular weight is 253 g/mol. The number of esters is 1. The first kappa shape index (κ1) is 16.6. The lowest BCUT2D eigenvalue weighted by atomic mass is 9.76. The van der Waals surface area contributed by atoms with Crippen molar-refractivity contribution in [3.05, 3.63) is 0 Å². The van der Waals surface area contributed by atoms with Gasteiger partial charge in [-0.1, -0.05) is 26.7 Å². The minimum Gasteiger partial charge on any atom is -0.465 e. The zero-order valence-corrected chi connectivity index (χ0v) is 11.8. The van der Waals surface area contributed by atoms with Gasteiger partial charge >= 0.3 is 5.97 Å². The van der Waals surface area contributed by atoms with Gasteiger partial charge in [0.1, 0.15) is 5.78 Å². The van der Waals surface area contributed by atoms with Crippen molar-refractivity contribution in [1.29, 1.82) is 5.26 Å². The Labute approximate surface area is 109 Å². The van der Waals surface area contributed by atoms with Crippen molar-refractivity contribution in [3.8, 4) is 6.07 Å². The van der Waals surface area contributed by atoms with E-state index in [0.29, 0.717) is 6.42 Å². The highest BCUT2D eigenvalue weighted by Crippen LogP contribution is 2.33. The van der Waals surface area contributed by atoms with Gasteiger partial charge in [-0.25, -0.2) is 0 Å². The van der Waals surface area contributed by atoms with Gasteiger partial charge < -0.3 is 4.74 Å². The summed E-state index contributed by atoms with van der Waals surface area (Å²) in [6.07, 6.45) is 2.38. The predicted molar refractivity (Wildman–Crippen MR) is 68.7 cm³/mol. The van der Waals surface area contributed by atoms with Gasteiger partial charge in [0.15, 0.2) is 5.41 Å². The van der Waals surface area contributed by atoms with Crippen LogP contribution in [-0.2, 0) is 14.3 Å². The highest BCUT2D eigenvalue weighted by Gasteiger charge is 2.41. The molecule has 0 aromatic rings. The molecule has 0 amide bonds. The topological polar surface area (TPSA) is 67.2 Å². The fourth-order valence-corrected chi connectivity index (χ4v) is 1.85. The maximum absolute atomic E-state index is 12.0. The Morgan fingerprint density at radius 3 is 2.39 bits per heavy atom. The first-order valence-electron chi connectivity index (χ1n) is 6.52. The average Bonchev–Trinajstić information content (AvgIpc) is 2.34. The molecule has 0 aliphatic carbocycles. The molecule has 0 rings (SSSR count). The molecular weight excluding hydrogens is 230 g/mol. The van der Waals surface area contributed by atoms with E-state index in [9.17, 15) is 14.9 Å². The summed E-state index contributed by atoms with van der Waals surface area (Å²) in [7, 11) is 0. The number of carbonyl (C=O) groups excluding carboxylic acids is 2. The maximum atomic E-state index is 12.0. The van der Waals surface area contributed by atoms with Gasteiger partial charge in [0, 0.05) is 5.92 Å². The number of nitriles is 1. The molecule has 2 unspecified atom stereocenters. The van der Waals surface area contributed by atoms with Gasteiger partial charge in [0.05, 0.1) is 12.7 Å². The van der Waals surface area contributed by atoms with Crippen LogP contribution >= 0.6 is 0 Å². The fourth-order valence-electron chi connectivity index (χ4n) is 1.85. The number of Topliss-reactive ketones (excluding diaryl/α,β-unsaturated/α-hetero) is 1. The second kappa shape index (κ2) is 7.86. The molecule has 0 saturated heterocycles. The number of hydrogen-bond donors (Lipinski definition) is 0. The molecule has 18 heavy (non-hydrogen) atoms. The number of rotatable bonds is 8. The van der Waals surface area contributed by atoms with E-state index < -0.39 is 11.4 Å². The number of nitrogens with zero attached hydrogens (tertiary/aromatic N) is 1. The standard InChI is InChI=1S/C14H23NO3/c1-5-7-8-14(10-15,13(17)18-6-2)9-11(3)12(4)16/h11H,5-9H2,1-4H3. The Balaban J connectivity index is 5.04. The molecular formula is C14H23NO3. The van der Waals surface area contributed by atoms with Crippen LogP contribution in [0, 0.1) is 22.7 Å². The molecule has 0 aliphatic rings. The molecule has 102 valence electrons. The molecule has 4 heteroatoms. The smallest absolute Gasteiger partial charge is 0.326 e. The summed E-state index contributed by atoms with van der Waals surface area (Å²) < 4.78 is 5.00. The van der Waals surface area contributed by atoms with Crippen LogP contribution in [0.4, 0.5) is 0 Å². The highest BCUT2D eigenvalue weighted by atomic mass is 16.5. The Hall–Kier alpha value is -1.37. The maximum Gasteiger partial charge on any atom is 0.326 e. The van der Waals surface area contributed by atoms with Gasteiger partial charge in [-0.15, -0.1) is 0 Å². The summed E-state index contributed by atoms with van der Waals surface area (Å²) >= 11 is 0. The van der Waals surface area contributed by atoms with E-state index in [1.165, 1.54) is 6.92 Å². The van der Waals surface area contributed by atoms with Gasteiger partial charge in [0.25, 0.3) is 0 Å². The third-order valence-electron chi connectivity index (χ3n) is 3.19. The van der Waals surface area contributed by atoms with Crippen LogP contribution in [0.2, 0.25) is 0 Å². The number of unbranched alkanes of at least 4 members (excludes halogenated alkanes) is 1. The summed E-state index contributed by atoms with van der Waals surface area (Å²) in [5.41, 5.74) is -1.17. The van der Waals surface area contributed by atoms with Crippen LogP contribution in [-0.4, -0.2) is 18.4 Å². The molecule has 0 heterocycles. The van der Waals surface area contributed by atoms with E-state index in [0.717, 1.165) is 12.8 Å². The summed E-state index contributed by atoms with van der Waals surface area (Å²) in [4.78, 5) is 23.3. The minimum absolute atomic E-state index is 0.00424. The number of ketones is 1. The van der Waals surface area contributed by atoms with Crippen LogP contribution in [0.3, 0.4) is 0 Å². The van der Waals surface area contributed by atoms with Crippen LogP contribution in [0.25, 0.3) is 0 Å². The SMILES string of the molecule is CCCCC(C#N)(CC(C)C(C)=O)C(=O)OCC. The molecule has 0 aromatic carbocycles. The van der Waals surface area contributed by atoms with Crippen molar-refractivity contribution in [3.63, 3.8) is 0 Å². The quantitative estimate of drug-likeness (QED) is 0.624. The van der Waals surface area contributed by atoms with Crippen LogP contribution in [0.5, 0.6) is 0 Å². The van der Waals surface area contributed by atoms with Crippen LogP contribution in [0.15, 0.2) is 0 Å². The minimum atomic E-state index is -1.17. The second-order valence-electron chi connectivity index (χ2n) is 4.73. The van der Waals surface area contributed by atoms with E-state index in [2.05, 4.69) is 6.07 Å². The lowest BCUT2D eigenvalue weighted by Gasteiger charge is -2.26. The molecule has 0 radical (unpaired) electrons. The molecule has 0 N–H and O–H groups in total. The third-order valence-corrected chi connectivity index (χ3v) is 3.19. The van der Waals surface area contributed by atoms with E-state index >= 15 is 0 Å². The van der Waals surface area contributed by atoms with Crippen molar-refractivity contribution in [2.24, 2.45) is 11.3 Å². The van der Waals surface area contributed by atoms with E-state index in [1.54, 1.807) is 13.8 Å². The van der Waals surface area contributed by atoms with Gasteiger partial charge in [0.2, 0.25) is 0 Å². The zero-order valence-electron chi connectivity index (χ0n) is 11.8. The monoisotopic (exact) mass is 253 g/mol. The summed E-state index contributed by atoms with van der Waals surface area (Å²) in [5, 5.41) is 9.37. The number of ether oxygens (including phenoxy) is 1. The number of hydrogen-bond acceptors (Lipinski definition) is 4. The zero-order chi connectivity index (χ0) is 14.2. The number of carbonyl (C=O) groups is 2. The predicted octanol–water partition coefficient (Wildman–Crippen LogP) is 2.86. The molecule has 0 fully saturated rings. The summed E-state index contributed by atoms with van der Waals surface area (Å²) in [5.74, 6) is -0.796. The molecule has 0 spiro atoms. The van der Waals surface area contributed by atoms with Crippen molar-refractivity contribution < 1.29 is 14.3 Å². The van der Waals surface area contributed by atoms with Crippen molar-refractivity contribution in [2.45, 2.75) is 53.4 Å². The van der Waals surface area contributed by atoms with Gasteiger partial charge in [-0.05, 0) is 26.7 Å². The van der Waals surface area contributed by atoms with E-state index in [-0.39, 0.29) is 24.7 Å². The Morgan fingerprint density at radius 1 is 1.39 bits per heavy atom. The third kappa shape index (κ3) is 4.48. The van der Waals surface area contributed by atoms with Crippen LogP contribution < -0.4 is 0 Å².